The number of nitrogens with two attached hydrogens (primary N) is 2. The van der Waals surface area contributed by atoms with Gasteiger partial charge in [-0.1, -0.05) is 13.8 Å². The molecule has 0 spiro atoms. The first-order chi connectivity index (χ1) is 7.79. The van der Waals surface area contributed by atoms with E-state index in [0.29, 0.717) is 0 Å². The summed E-state index contributed by atoms with van der Waals surface area (Å²) in [5.41, 5.74) is 0. The molecule has 0 atom stereocenters. The van der Waals surface area contributed by atoms with Gasteiger partial charge in [-0.05, 0) is 26.7 Å². The van der Waals surface area contributed by atoms with Gasteiger partial charge in [0.1, 0.15) is 0 Å². The summed E-state index contributed by atoms with van der Waals surface area (Å²) >= 11 is 0. The van der Waals surface area contributed by atoms with Crippen molar-refractivity contribution in [2.24, 2.45) is 17.6 Å². The molecule has 0 radical (unpaired) electrons. The van der Waals surface area contributed by atoms with E-state index in [4.69, 9.17) is 11.7 Å². The second-order valence-corrected chi connectivity index (χ2v) is 9.29. The highest BCUT2D eigenvalue weighted by molar-refractivity contribution is 7.90. The van der Waals surface area contributed by atoms with Crippen molar-refractivity contribution in [3.05, 3.63) is 0 Å². The molecular weight excluding hydrogens is 280 g/mol. The first-order valence-corrected chi connectivity index (χ1v) is 8.34. The van der Waals surface area contributed by atoms with Crippen LogP contribution >= 0.6 is 0 Å². The highest BCUT2D eigenvalue weighted by Crippen LogP contribution is 2.11. The van der Waals surface area contributed by atoms with E-state index in [9.17, 15) is 16.8 Å². The lowest BCUT2D eigenvalue weighted by atomic mass is 10.3. The minimum atomic E-state index is -3.31. The van der Waals surface area contributed by atoms with Gasteiger partial charge in [0.15, 0.2) is 0 Å². The molecule has 6 N–H and O–H groups in total. The Balaban J connectivity index is 0. The van der Waals surface area contributed by atoms with E-state index in [1.165, 1.54) is 0 Å². The van der Waals surface area contributed by atoms with Gasteiger partial charge in [0.25, 0.3) is 0 Å². The zero-order valence-electron chi connectivity index (χ0n) is 11.4. The predicted molar refractivity (Wildman–Crippen MR) is 71.9 cm³/mol. The van der Waals surface area contributed by atoms with Crippen molar-refractivity contribution in [1.29, 1.82) is 0 Å². The maximum Gasteiger partial charge on any atom is 0.229 e. The molecule has 0 aliphatic heterocycles. The van der Waals surface area contributed by atoms with Crippen molar-refractivity contribution in [3.63, 3.8) is 0 Å². The van der Waals surface area contributed by atoms with Gasteiger partial charge >= 0.3 is 0 Å². The molecule has 0 unspecified atom stereocenters. The van der Waals surface area contributed by atoms with Gasteiger partial charge < -0.3 is 0 Å². The molecule has 0 aliphatic carbocycles. The fraction of sp³-hybridized carbons (Fsp3) is 1.00. The van der Waals surface area contributed by atoms with Gasteiger partial charge in [0.2, 0.25) is 20.0 Å². The molecule has 0 saturated heterocycles. The van der Waals surface area contributed by atoms with Crippen molar-refractivity contribution in [3.8, 4) is 0 Å². The van der Waals surface area contributed by atoms with Gasteiger partial charge in [-0.25, -0.2) is 16.8 Å². The Bertz CT molecular complexity index is 423. The van der Waals surface area contributed by atoms with E-state index in [0.717, 1.165) is 0 Å². The zero-order chi connectivity index (χ0) is 15.2. The molecule has 0 aromatic heterocycles. The minimum Gasteiger partial charge on any atom is -0.258 e. The van der Waals surface area contributed by atoms with Crippen molar-refractivity contribution < 1.29 is 16.8 Å². The summed E-state index contributed by atoms with van der Waals surface area (Å²) in [7, 11) is -6.50. The summed E-state index contributed by atoms with van der Waals surface area (Å²) in [5, 5.41) is 0. The summed E-state index contributed by atoms with van der Waals surface area (Å²) in [6.45, 7) is 8.34. The standard InChI is InChI=1S/2C4H12N2O2S/c1-4(2,3)9(7,8)6-5;1-4(2)3-9(7,8)6-5/h6H,5H2,1-3H3;4,6H,3,5H2,1-2H3. The van der Waals surface area contributed by atoms with Gasteiger partial charge in [-0.3, -0.25) is 11.7 Å². The van der Waals surface area contributed by atoms with E-state index in [-0.39, 0.29) is 11.7 Å². The maximum atomic E-state index is 10.8. The quantitative estimate of drug-likeness (QED) is 0.388. The van der Waals surface area contributed by atoms with Crippen LogP contribution in [0.25, 0.3) is 0 Å². The van der Waals surface area contributed by atoms with Gasteiger partial charge in [0.05, 0.1) is 10.5 Å². The monoisotopic (exact) mass is 304 g/mol. The molecule has 0 saturated carbocycles. The Morgan fingerprint density at radius 3 is 1.44 bits per heavy atom. The van der Waals surface area contributed by atoms with Crippen LogP contribution in [0.3, 0.4) is 0 Å². The van der Waals surface area contributed by atoms with Crippen molar-refractivity contribution in [2.75, 3.05) is 5.75 Å². The second kappa shape index (κ2) is 7.36. The Labute approximate surface area is 110 Å². The zero-order valence-corrected chi connectivity index (χ0v) is 13.0. The summed E-state index contributed by atoms with van der Waals surface area (Å²) in [4.78, 5) is 3.50. The van der Waals surface area contributed by atoms with Crippen LogP contribution in [0, 0.1) is 5.92 Å². The topological polar surface area (TPSA) is 144 Å². The van der Waals surface area contributed by atoms with E-state index < -0.39 is 24.8 Å². The largest absolute Gasteiger partial charge is 0.258 e. The van der Waals surface area contributed by atoms with Crippen molar-refractivity contribution in [2.45, 2.75) is 39.4 Å². The highest BCUT2D eigenvalue weighted by atomic mass is 32.2. The van der Waals surface area contributed by atoms with Crippen molar-refractivity contribution in [1.82, 2.24) is 9.66 Å². The lowest BCUT2D eigenvalue weighted by Crippen LogP contribution is -2.42. The molecule has 0 rings (SSSR count). The van der Waals surface area contributed by atoms with Crippen LogP contribution in [-0.4, -0.2) is 27.3 Å². The number of sulfonamides is 2. The Morgan fingerprint density at radius 1 is 1.00 bits per heavy atom. The molecule has 0 aliphatic rings. The number of hydrogen-bond acceptors (Lipinski definition) is 6. The third-order valence-corrected chi connectivity index (χ3v) is 5.08. The second-order valence-electron chi connectivity index (χ2n) is 5.03. The smallest absolute Gasteiger partial charge is 0.229 e. The average Bonchev–Trinajstić information content (AvgIpc) is 2.15. The van der Waals surface area contributed by atoms with Crippen LogP contribution in [-0.2, 0) is 20.0 Å². The molecule has 0 bridgehead atoms. The number of nitrogens with one attached hydrogen (secondary N) is 2. The fourth-order valence-corrected chi connectivity index (χ4v) is 1.99. The highest BCUT2D eigenvalue weighted by Gasteiger charge is 2.27. The van der Waals surface area contributed by atoms with Gasteiger partial charge in [-0.15, -0.1) is 0 Å². The van der Waals surface area contributed by atoms with Crippen LogP contribution in [0.1, 0.15) is 34.6 Å². The molecule has 0 amide bonds. The molecular formula is C8H24N4O4S2. The molecule has 112 valence electrons. The van der Waals surface area contributed by atoms with Crippen LogP contribution in [0.5, 0.6) is 0 Å². The number of hydrogen-bond donors (Lipinski definition) is 4. The first-order valence-electron chi connectivity index (χ1n) is 5.21. The normalized spacial score (nSPS) is 13.1. The summed E-state index contributed by atoms with van der Waals surface area (Å²) < 4.78 is 41.9. The van der Waals surface area contributed by atoms with Crippen LogP contribution in [0.2, 0.25) is 0 Å². The third kappa shape index (κ3) is 8.78. The summed E-state index contributed by atoms with van der Waals surface area (Å²) in [5.74, 6) is 9.67. The Morgan fingerprint density at radius 2 is 1.39 bits per heavy atom. The van der Waals surface area contributed by atoms with Gasteiger partial charge in [0, 0.05) is 0 Å². The Kier molecular flexibility index (Phi) is 8.20. The molecule has 0 heterocycles. The number of hydrazine groups is 2. The minimum absolute atomic E-state index is 0.0868. The van der Waals surface area contributed by atoms with Crippen LogP contribution < -0.4 is 21.3 Å². The third-order valence-electron chi connectivity index (χ3n) is 1.69. The van der Waals surface area contributed by atoms with E-state index in [1.807, 2.05) is 13.8 Å². The lowest BCUT2D eigenvalue weighted by molar-refractivity contribution is 0.547. The van der Waals surface area contributed by atoms with E-state index in [1.54, 1.807) is 30.4 Å². The molecule has 0 aromatic carbocycles. The molecule has 18 heavy (non-hydrogen) atoms. The van der Waals surface area contributed by atoms with Gasteiger partial charge in [-0.2, -0.15) is 9.66 Å². The Hall–Kier alpha value is -0.260. The average molecular weight is 304 g/mol. The SMILES string of the molecule is CC(C)(C)S(=O)(=O)NN.CC(C)CS(=O)(=O)NN. The van der Waals surface area contributed by atoms with Crippen LogP contribution in [0.15, 0.2) is 0 Å². The van der Waals surface area contributed by atoms with E-state index in [2.05, 4.69) is 0 Å². The van der Waals surface area contributed by atoms with Crippen molar-refractivity contribution >= 4 is 20.0 Å². The molecule has 0 aromatic rings. The maximum absolute atomic E-state index is 10.8. The summed E-state index contributed by atoms with van der Waals surface area (Å²) in [6.07, 6.45) is 0. The molecule has 8 nitrogen and oxygen atoms in total. The van der Waals surface area contributed by atoms with Crippen LogP contribution in [0.4, 0.5) is 0 Å². The number of rotatable bonds is 4. The molecule has 0 fully saturated rings. The lowest BCUT2D eigenvalue weighted by Gasteiger charge is -2.16. The first kappa shape index (κ1) is 20.1. The van der Waals surface area contributed by atoms with E-state index >= 15 is 0 Å². The summed E-state index contributed by atoms with van der Waals surface area (Å²) in [6, 6.07) is 0. The predicted octanol–water partition coefficient (Wildman–Crippen LogP) is -0.986. The fourth-order valence-electron chi connectivity index (χ4n) is 0.664. The molecule has 10 heteroatoms.